The fraction of sp³-hybridized carbons (Fsp3) is 0.281. The van der Waals surface area contributed by atoms with Gasteiger partial charge >= 0.3 is 0 Å². The van der Waals surface area contributed by atoms with E-state index in [9.17, 15) is 29.1 Å². The van der Waals surface area contributed by atoms with Crippen molar-refractivity contribution in [2.75, 3.05) is 24.7 Å². The van der Waals surface area contributed by atoms with Crippen LogP contribution in [0.1, 0.15) is 23.6 Å². The van der Waals surface area contributed by atoms with Crippen molar-refractivity contribution in [3.05, 3.63) is 108 Å². The standard InChI is InChI=1S/C32H36ClN5O6S/c1-21(39)29(38-26(40)17-33)31(44)36-18-27(41)35-19-28(42)37-25(30(34)43)20-45-32(22-11-5-2-6-12-22,23-13-7-3-8-14-23)24-15-9-4-10-16-24/h2-16,21,25,29,39H,17-20H2,1H3,(H2,34,43)(H,35,41)(H,36,44)(H,37,42)(H,38,40)/t21-,25+,29+/m1/s1. The minimum absolute atomic E-state index is 0.110. The van der Waals surface area contributed by atoms with Crippen LogP contribution in [-0.2, 0) is 28.7 Å². The summed E-state index contributed by atoms with van der Waals surface area (Å²) in [4.78, 5) is 61.4. The van der Waals surface area contributed by atoms with Gasteiger partial charge in [-0.1, -0.05) is 91.0 Å². The van der Waals surface area contributed by atoms with Gasteiger partial charge in [0, 0.05) is 5.75 Å². The molecule has 13 heteroatoms. The molecule has 3 rings (SSSR count). The van der Waals surface area contributed by atoms with E-state index in [0.29, 0.717) is 0 Å². The van der Waals surface area contributed by atoms with Crippen LogP contribution < -0.4 is 27.0 Å². The number of thioether (sulfide) groups is 1. The van der Waals surface area contributed by atoms with E-state index < -0.39 is 71.4 Å². The molecular formula is C32H36ClN5O6S. The number of nitrogens with two attached hydrogens (primary N) is 1. The summed E-state index contributed by atoms with van der Waals surface area (Å²) in [6.45, 7) is 0.266. The Kier molecular flexibility index (Phi) is 13.4. The van der Waals surface area contributed by atoms with Crippen LogP contribution in [0.5, 0.6) is 0 Å². The number of benzene rings is 3. The molecule has 0 saturated carbocycles. The smallest absolute Gasteiger partial charge is 0.245 e. The minimum atomic E-state index is -1.32. The van der Waals surface area contributed by atoms with Crippen molar-refractivity contribution in [1.29, 1.82) is 0 Å². The molecule has 3 atom stereocenters. The minimum Gasteiger partial charge on any atom is -0.391 e. The van der Waals surface area contributed by atoms with Crippen molar-refractivity contribution in [2.24, 2.45) is 5.73 Å². The monoisotopic (exact) mass is 653 g/mol. The highest BCUT2D eigenvalue weighted by Crippen LogP contribution is 2.48. The number of aliphatic hydroxyl groups is 1. The van der Waals surface area contributed by atoms with E-state index in [1.54, 1.807) is 0 Å². The lowest BCUT2D eigenvalue weighted by Crippen LogP contribution is -2.54. The van der Waals surface area contributed by atoms with E-state index in [0.717, 1.165) is 16.7 Å². The van der Waals surface area contributed by atoms with Gasteiger partial charge in [0.2, 0.25) is 29.5 Å². The van der Waals surface area contributed by atoms with Crippen LogP contribution in [0, 0.1) is 0 Å². The number of carbonyl (C=O) groups is 5. The van der Waals surface area contributed by atoms with Crippen LogP contribution in [0.2, 0.25) is 0 Å². The SMILES string of the molecule is C[C@@H](O)[C@H](NC(=O)CCl)C(=O)NCC(=O)NCC(=O)N[C@@H](CSC(c1ccccc1)(c1ccccc1)c1ccccc1)C(N)=O. The van der Waals surface area contributed by atoms with E-state index in [1.807, 2.05) is 91.0 Å². The number of hydrogen-bond donors (Lipinski definition) is 6. The summed E-state index contributed by atoms with van der Waals surface area (Å²) >= 11 is 6.87. The van der Waals surface area contributed by atoms with Crippen molar-refractivity contribution in [3.8, 4) is 0 Å². The Morgan fingerprint density at radius 1 is 0.756 bits per heavy atom. The van der Waals surface area contributed by atoms with Gasteiger partial charge < -0.3 is 32.1 Å². The van der Waals surface area contributed by atoms with Gasteiger partial charge in [0.25, 0.3) is 0 Å². The summed E-state index contributed by atoms with van der Waals surface area (Å²) in [7, 11) is 0. The van der Waals surface area contributed by atoms with Crippen LogP contribution in [0.3, 0.4) is 0 Å². The number of carbonyl (C=O) groups excluding carboxylic acids is 5. The van der Waals surface area contributed by atoms with Gasteiger partial charge in [-0.25, -0.2) is 0 Å². The summed E-state index contributed by atoms with van der Waals surface area (Å²) in [5.41, 5.74) is 8.61. The molecule has 0 fully saturated rings. The molecule has 0 saturated heterocycles. The summed E-state index contributed by atoms with van der Waals surface area (Å²) < 4.78 is -0.748. The lowest BCUT2D eigenvalue weighted by Gasteiger charge is -2.36. The maximum absolute atomic E-state index is 12.8. The van der Waals surface area contributed by atoms with Gasteiger partial charge in [0.1, 0.15) is 18.0 Å². The first-order chi connectivity index (χ1) is 21.6. The van der Waals surface area contributed by atoms with E-state index in [-0.39, 0.29) is 5.75 Å². The quantitative estimate of drug-likeness (QED) is 0.0986. The number of rotatable bonds is 16. The molecule has 45 heavy (non-hydrogen) atoms. The Bertz CT molecular complexity index is 1350. The zero-order valence-electron chi connectivity index (χ0n) is 24.6. The molecule has 0 aromatic heterocycles. The van der Waals surface area contributed by atoms with Gasteiger partial charge in [0.15, 0.2) is 0 Å². The second-order valence-electron chi connectivity index (χ2n) is 10.0. The van der Waals surface area contributed by atoms with Crippen LogP contribution in [-0.4, -0.2) is 77.6 Å². The van der Waals surface area contributed by atoms with Gasteiger partial charge in [-0.15, -0.1) is 23.4 Å². The van der Waals surface area contributed by atoms with Gasteiger partial charge in [-0.2, -0.15) is 0 Å². The predicted molar refractivity (Wildman–Crippen MR) is 173 cm³/mol. The Balaban J connectivity index is 1.68. The third kappa shape index (κ3) is 9.80. The zero-order valence-corrected chi connectivity index (χ0v) is 26.1. The normalized spacial score (nSPS) is 13.0. The number of alkyl halides is 1. The Hall–Kier alpha value is -4.39. The molecule has 3 aromatic carbocycles. The number of halogens is 1. The van der Waals surface area contributed by atoms with E-state index in [4.69, 9.17) is 17.3 Å². The maximum atomic E-state index is 12.8. The molecule has 0 aliphatic heterocycles. The predicted octanol–water partition coefficient (Wildman–Crippen LogP) is 1.02. The Morgan fingerprint density at radius 2 is 1.22 bits per heavy atom. The first-order valence-electron chi connectivity index (χ1n) is 14.1. The molecule has 0 unspecified atom stereocenters. The highest BCUT2D eigenvalue weighted by atomic mass is 35.5. The number of primary amides is 1. The van der Waals surface area contributed by atoms with Crippen molar-refractivity contribution >= 4 is 52.9 Å². The number of amides is 5. The molecule has 5 amide bonds. The first-order valence-corrected chi connectivity index (χ1v) is 15.6. The van der Waals surface area contributed by atoms with Crippen molar-refractivity contribution in [3.63, 3.8) is 0 Å². The molecule has 0 radical (unpaired) electrons. The molecule has 7 N–H and O–H groups in total. The fourth-order valence-electron chi connectivity index (χ4n) is 4.55. The average Bonchev–Trinajstić information content (AvgIpc) is 3.05. The molecule has 3 aromatic rings. The Labute approximate surface area is 270 Å². The lowest BCUT2D eigenvalue weighted by molar-refractivity contribution is -0.132. The molecule has 0 aliphatic carbocycles. The largest absolute Gasteiger partial charge is 0.391 e. The number of nitrogens with one attached hydrogen (secondary N) is 4. The summed E-state index contributed by atoms with van der Waals surface area (Å²) in [6, 6.07) is 27.1. The highest BCUT2D eigenvalue weighted by molar-refractivity contribution is 8.00. The van der Waals surface area contributed by atoms with Gasteiger partial charge in [0.05, 0.1) is 23.9 Å². The van der Waals surface area contributed by atoms with Crippen LogP contribution >= 0.6 is 23.4 Å². The lowest BCUT2D eigenvalue weighted by atomic mass is 9.84. The highest BCUT2D eigenvalue weighted by Gasteiger charge is 2.38. The second kappa shape index (κ2) is 17.2. The van der Waals surface area contributed by atoms with E-state index in [2.05, 4.69) is 21.3 Å². The van der Waals surface area contributed by atoms with Crippen LogP contribution in [0.4, 0.5) is 0 Å². The third-order valence-corrected chi connectivity index (χ3v) is 8.64. The first kappa shape index (κ1) is 35.1. The molecule has 0 aliphatic rings. The van der Waals surface area contributed by atoms with Crippen molar-refractivity contribution in [2.45, 2.75) is 29.9 Å². The maximum Gasteiger partial charge on any atom is 0.245 e. The molecule has 238 valence electrons. The molecule has 0 heterocycles. The topological polar surface area (TPSA) is 180 Å². The third-order valence-electron chi connectivity index (χ3n) is 6.76. The number of hydrogen-bond acceptors (Lipinski definition) is 7. The van der Waals surface area contributed by atoms with Crippen molar-refractivity contribution < 1.29 is 29.1 Å². The second-order valence-corrected chi connectivity index (χ2v) is 11.5. The molecule has 0 spiro atoms. The summed E-state index contributed by atoms with van der Waals surface area (Å²) in [5, 5.41) is 19.3. The number of aliphatic hydroxyl groups excluding tert-OH is 1. The molecule has 0 bridgehead atoms. The van der Waals surface area contributed by atoms with E-state index in [1.165, 1.54) is 18.7 Å². The summed E-state index contributed by atoms with van der Waals surface area (Å²) in [5.74, 6) is -3.92. The van der Waals surface area contributed by atoms with Crippen molar-refractivity contribution in [1.82, 2.24) is 21.3 Å². The Morgan fingerprint density at radius 3 is 1.64 bits per heavy atom. The van der Waals surface area contributed by atoms with Gasteiger partial charge in [-0.05, 0) is 23.6 Å². The van der Waals surface area contributed by atoms with Crippen LogP contribution in [0.15, 0.2) is 91.0 Å². The average molecular weight is 654 g/mol. The fourth-order valence-corrected chi connectivity index (χ4v) is 6.20. The molecule has 11 nitrogen and oxygen atoms in total. The van der Waals surface area contributed by atoms with E-state index >= 15 is 0 Å². The van der Waals surface area contributed by atoms with Gasteiger partial charge in [-0.3, -0.25) is 24.0 Å². The zero-order chi connectivity index (χ0) is 32.8. The molecular weight excluding hydrogens is 618 g/mol. The summed E-state index contributed by atoms with van der Waals surface area (Å²) in [6.07, 6.45) is -1.25. The van der Waals surface area contributed by atoms with Crippen LogP contribution in [0.25, 0.3) is 0 Å².